The maximum Gasteiger partial charge on any atom is 0.189 e. The lowest BCUT2D eigenvalue weighted by molar-refractivity contribution is -0.111. The van der Waals surface area contributed by atoms with Gasteiger partial charge in [0.05, 0.1) is 5.71 Å². The van der Waals surface area contributed by atoms with E-state index in [9.17, 15) is 9.18 Å². The molecule has 0 bridgehead atoms. The van der Waals surface area contributed by atoms with Crippen LogP contribution in [-0.4, -0.2) is 17.7 Å². The van der Waals surface area contributed by atoms with Gasteiger partial charge in [-0.05, 0) is 25.2 Å². The standard InChI is InChI=1S/C10H8FNO/c1-6-4-10(13)8-5-7(11)2-3-9(8)12-6/h2-5,7H,1H3. The van der Waals surface area contributed by atoms with E-state index in [1.807, 2.05) is 0 Å². The largest absolute Gasteiger partial charge is 0.289 e. The van der Waals surface area contributed by atoms with E-state index in [4.69, 9.17) is 0 Å². The Kier molecular flexibility index (Phi) is 1.72. The first-order valence-electron chi connectivity index (χ1n) is 4.02. The molecule has 2 aliphatic rings. The van der Waals surface area contributed by atoms with E-state index in [1.165, 1.54) is 18.2 Å². The minimum atomic E-state index is -1.16. The van der Waals surface area contributed by atoms with Crippen LogP contribution in [0.25, 0.3) is 0 Å². The van der Waals surface area contributed by atoms with Gasteiger partial charge in [-0.25, -0.2) is 4.39 Å². The van der Waals surface area contributed by atoms with Crippen molar-refractivity contribution in [2.45, 2.75) is 13.1 Å². The summed E-state index contributed by atoms with van der Waals surface area (Å²) in [6.07, 6.45) is 4.48. The number of hydrogen-bond donors (Lipinski definition) is 0. The molecule has 0 aromatic rings. The zero-order chi connectivity index (χ0) is 9.42. The second-order valence-corrected chi connectivity index (χ2v) is 3.03. The highest BCUT2D eigenvalue weighted by Crippen LogP contribution is 2.19. The van der Waals surface area contributed by atoms with Gasteiger partial charge in [-0.15, -0.1) is 0 Å². The van der Waals surface area contributed by atoms with Crippen LogP contribution in [0.5, 0.6) is 0 Å². The molecular weight excluding hydrogens is 169 g/mol. The van der Waals surface area contributed by atoms with E-state index < -0.39 is 6.17 Å². The summed E-state index contributed by atoms with van der Waals surface area (Å²) in [4.78, 5) is 15.5. The molecule has 0 fully saturated rings. The number of carbonyl (C=O) groups excluding carboxylic acids is 1. The average molecular weight is 177 g/mol. The van der Waals surface area contributed by atoms with Crippen LogP contribution in [0.3, 0.4) is 0 Å². The van der Waals surface area contributed by atoms with Crippen molar-refractivity contribution in [2.24, 2.45) is 4.99 Å². The zero-order valence-electron chi connectivity index (χ0n) is 7.12. The van der Waals surface area contributed by atoms with Gasteiger partial charge in [-0.2, -0.15) is 0 Å². The molecule has 0 spiro atoms. The maximum absolute atomic E-state index is 12.8. The second-order valence-electron chi connectivity index (χ2n) is 3.03. The fourth-order valence-corrected chi connectivity index (χ4v) is 1.37. The molecule has 1 heterocycles. The van der Waals surface area contributed by atoms with Gasteiger partial charge in [0.15, 0.2) is 5.78 Å². The predicted molar refractivity (Wildman–Crippen MR) is 48.3 cm³/mol. The maximum atomic E-state index is 12.8. The molecule has 1 unspecified atom stereocenters. The number of alkyl halides is 1. The normalized spacial score (nSPS) is 26.2. The third-order valence-electron chi connectivity index (χ3n) is 1.94. The molecule has 1 aliphatic carbocycles. The monoisotopic (exact) mass is 177 g/mol. The van der Waals surface area contributed by atoms with Crippen LogP contribution in [-0.2, 0) is 4.79 Å². The SMILES string of the molecule is CC1=CC(=O)C2=CC(F)C=CC2=N1. The minimum Gasteiger partial charge on any atom is -0.289 e. The van der Waals surface area contributed by atoms with Gasteiger partial charge < -0.3 is 0 Å². The number of hydrogen-bond acceptors (Lipinski definition) is 2. The van der Waals surface area contributed by atoms with Crippen molar-refractivity contribution in [1.29, 1.82) is 0 Å². The molecule has 0 N–H and O–H groups in total. The van der Waals surface area contributed by atoms with Crippen LogP contribution in [0, 0.1) is 0 Å². The van der Waals surface area contributed by atoms with Crippen molar-refractivity contribution >= 4 is 11.5 Å². The lowest BCUT2D eigenvalue weighted by Crippen LogP contribution is -2.18. The zero-order valence-corrected chi connectivity index (χ0v) is 7.12. The van der Waals surface area contributed by atoms with Crippen LogP contribution >= 0.6 is 0 Å². The fraction of sp³-hybridized carbons (Fsp3) is 0.200. The predicted octanol–water partition coefficient (Wildman–Crippen LogP) is 1.75. The van der Waals surface area contributed by atoms with Crippen LogP contribution in [0.1, 0.15) is 6.92 Å². The molecule has 13 heavy (non-hydrogen) atoms. The molecular formula is C10H8FNO. The summed E-state index contributed by atoms with van der Waals surface area (Å²) in [5.74, 6) is -0.158. The third-order valence-corrected chi connectivity index (χ3v) is 1.94. The number of carbonyl (C=O) groups is 1. The van der Waals surface area contributed by atoms with Crippen molar-refractivity contribution in [2.75, 3.05) is 0 Å². The smallest absolute Gasteiger partial charge is 0.189 e. The van der Waals surface area contributed by atoms with Gasteiger partial charge in [-0.1, -0.05) is 0 Å². The molecule has 1 atom stereocenters. The minimum absolute atomic E-state index is 0.158. The third kappa shape index (κ3) is 1.37. The summed E-state index contributed by atoms with van der Waals surface area (Å²) in [6.45, 7) is 1.75. The van der Waals surface area contributed by atoms with Gasteiger partial charge in [0.1, 0.15) is 6.17 Å². The topological polar surface area (TPSA) is 29.4 Å². The number of halogens is 1. The van der Waals surface area contributed by atoms with Crippen molar-refractivity contribution in [3.8, 4) is 0 Å². The molecule has 0 aromatic heterocycles. The number of allylic oxidation sites excluding steroid dienone is 6. The molecule has 0 aromatic carbocycles. The van der Waals surface area contributed by atoms with E-state index in [0.717, 1.165) is 0 Å². The Hall–Kier alpha value is -1.51. The summed E-state index contributed by atoms with van der Waals surface area (Å²) >= 11 is 0. The van der Waals surface area contributed by atoms with Gasteiger partial charge >= 0.3 is 0 Å². The Morgan fingerprint density at radius 1 is 1.54 bits per heavy atom. The van der Waals surface area contributed by atoms with Gasteiger partial charge in [0.25, 0.3) is 0 Å². The Morgan fingerprint density at radius 3 is 3.08 bits per heavy atom. The van der Waals surface area contributed by atoms with Crippen molar-refractivity contribution < 1.29 is 9.18 Å². The van der Waals surface area contributed by atoms with Crippen LogP contribution in [0.4, 0.5) is 4.39 Å². The average Bonchev–Trinajstić information content (AvgIpc) is 2.06. The molecule has 0 saturated heterocycles. The van der Waals surface area contributed by atoms with Crippen molar-refractivity contribution in [3.63, 3.8) is 0 Å². The highest BCUT2D eigenvalue weighted by atomic mass is 19.1. The highest BCUT2D eigenvalue weighted by molar-refractivity contribution is 6.31. The highest BCUT2D eigenvalue weighted by Gasteiger charge is 2.21. The molecule has 0 saturated carbocycles. The molecule has 2 rings (SSSR count). The molecule has 2 nitrogen and oxygen atoms in total. The van der Waals surface area contributed by atoms with E-state index in [-0.39, 0.29) is 5.78 Å². The molecule has 0 amide bonds. The Balaban J connectivity index is 2.48. The second kappa shape index (κ2) is 2.76. The number of aliphatic imine (C=N–C) groups is 1. The first kappa shape index (κ1) is 8.10. The number of ketones is 1. The summed E-state index contributed by atoms with van der Waals surface area (Å²) in [7, 11) is 0. The summed E-state index contributed by atoms with van der Waals surface area (Å²) in [6, 6.07) is 0. The first-order chi connectivity index (χ1) is 6.16. The lowest BCUT2D eigenvalue weighted by Gasteiger charge is -2.14. The Bertz CT molecular complexity index is 388. The molecule has 66 valence electrons. The van der Waals surface area contributed by atoms with Crippen molar-refractivity contribution in [3.05, 3.63) is 35.6 Å². The molecule has 3 heteroatoms. The molecule has 1 aliphatic heterocycles. The van der Waals surface area contributed by atoms with Crippen LogP contribution in [0.15, 0.2) is 40.6 Å². The van der Waals surface area contributed by atoms with Crippen LogP contribution < -0.4 is 0 Å². The van der Waals surface area contributed by atoms with Gasteiger partial charge in [-0.3, -0.25) is 9.79 Å². The quantitative estimate of drug-likeness (QED) is 0.554. The lowest BCUT2D eigenvalue weighted by atomic mass is 9.96. The van der Waals surface area contributed by atoms with Crippen molar-refractivity contribution in [1.82, 2.24) is 0 Å². The van der Waals surface area contributed by atoms with Gasteiger partial charge in [0.2, 0.25) is 0 Å². The molecule has 0 radical (unpaired) electrons. The first-order valence-corrected chi connectivity index (χ1v) is 4.02. The van der Waals surface area contributed by atoms with E-state index in [1.54, 1.807) is 13.0 Å². The van der Waals surface area contributed by atoms with Crippen LogP contribution in [0.2, 0.25) is 0 Å². The summed E-state index contributed by atoms with van der Waals surface area (Å²) in [5.41, 5.74) is 1.61. The van der Waals surface area contributed by atoms with E-state index in [2.05, 4.69) is 4.99 Å². The van der Waals surface area contributed by atoms with E-state index in [0.29, 0.717) is 17.0 Å². The Morgan fingerprint density at radius 2 is 2.31 bits per heavy atom. The Labute approximate surface area is 75.2 Å². The number of fused-ring (bicyclic) bond motifs is 1. The summed E-state index contributed by atoms with van der Waals surface area (Å²) in [5, 5.41) is 0. The summed E-state index contributed by atoms with van der Waals surface area (Å²) < 4.78 is 12.8. The van der Waals surface area contributed by atoms with E-state index >= 15 is 0 Å². The fourth-order valence-electron chi connectivity index (χ4n) is 1.37. The van der Waals surface area contributed by atoms with Gasteiger partial charge in [0, 0.05) is 17.3 Å². The number of nitrogens with zero attached hydrogens (tertiary/aromatic N) is 1. The number of rotatable bonds is 0.